The number of ether oxygens (including phenoxy) is 1. The molecule has 4 rings (SSSR count). The van der Waals surface area contributed by atoms with Crippen LogP contribution in [-0.4, -0.2) is 30.1 Å². The average molecular weight is 465 g/mol. The van der Waals surface area contributed by atoms with Gasteiger partial charge in [-0.3, -0.25) is 9.59 Å². The van der Waals surface area contributed by atoms with Crippen LogP contribution in [-0.2, 0) is 4.79 Å². The summed E-state index contributed by atoms with van der Waals surface area (Å²) in [5, 5.41) is 13.2. The van der Waals surface area contributed by atoms with E-state index in [4.69, 9.17) is 33.7 Å². The van der Waals surface area contributed by atoms with E-state index in [2.05, 4.69) is 5.32 Å². The van der Waals surface area contributed by atoms with Gasteiger partial charge in [0.05, 0.1) is 13.2 Å². The summed E-state index contributed by atoms with van der Waals surface area (Å²) in [6, 6.07) is 9.22. The van der Waals surface area contributed by atoms with Crippen molar-refractivity contribution in [1.82, 2.24) is 5.32 Å². The zero-order valence-corrected chi connectivity index (χ0v) is 18.7. The highest BCUT2D eigenvalue weighted by Crippen LogP contribution is 2.41. The number of hydrogen-bond acceptors (Lipinski definition) is 4. The quantitative estimate of drug-likeness (QED) is 0.597. The lowest BCUT2D eigenvalue weighted by molar-refractivity contribution is -0.139. The number of rotatable bonds is 3. The summed E-state index contributed by atoms with van der Waals surface area (Å²) in [5.74, 6) is -1.94. The third-order valence-electron chi connectivity index (χ3n) is 5.67. The van der Waals surface area contributed by atoms with Crippen molar-refractivity contribution in [3.05, 3.63) is 63.1 Å². The Balaban J connectivity index is 0.000000330. The second-order valence-electron chi connectivity index (χ2n) is 7.78. The molecule has 0 saturated heterocycles. The van der Waals surface area contributed by atoms with E-state index >= 15 is 0 Å². The van der Waals surface area contributed by atoms with Crippen molar-refractivity contribution in [2.45, 2.75) is 50.1 Å². The first-order valence-electron chi connectivity index (χ1n) is 10.2. The lowest BCUT2D eigenvalue weighted by atomic mass is 9.81. The summed E-state index contributed by atoms with van der Waals surface area (Å²) < 4.78 is 5.16. The predicted molar refractivity (Wildman–Crippen MR) is 121 cm³/mol. The number of carbonyl (C=O) groups excluding carboxylic acids is 1. The third-order valence-corrected chi connectivity index (χ3v) is 6.23. The Hall–Kier alpha value is -2.28. The van der Waals surface area contributed by atoms with Gasteiger partial charge in [0.1, 0.15) is 11.7 Å². The zero-order valence-electron chi connectivity index (χ0n) is 17.2. The van der Waals surface area contributed by atoms with Gasteiger partial charge in [-0.05, 0) is 54.3 Å². The van der Waals surface area contributed by atoms with Gasteiger partial charge >= 0.3 is 5.97 Å². The molecule has 0 radical (unpaired) electrons. The van der Waals surface area contributed by atoms with Gasteiger partial charge in [-0.2, -0.15) is 0 Å². The minimum atomic E-state index is -1.07. The van der Waals surface area contributed by atoms with Crippen molar-refractivity contribution in [3.8, 4) is 5.75 Å². The van der Waals surface area contributed by atoms with Crippen LogP contribution in [0.25, 0.3) is 0 Å². The predicted octanol–water partition coefficient (Wildman–Crippen LogP) is 4.93. The molecule has 2 aromatic carbocycles. The van der Waals surface area contributed by atoms with Crippen LogP contribution in [0.3, 0.4) is 0 Å². The monoisotopic (exact) mass is 464 g/mol. The summed E-state index contributed by atoms with van der Waals surface area (Å²) in [6.45, 7) is 0. The third kappa shape index (κ3) is 5.50. The second-order valence-corrected chi connectivity index (χ2v) is 8.63. The molecule has 166 valence electrons. The second kappa shape index (κ2) is 10.4. The Bertz CT molecular complexity index is 961. The van der Waals surface area contributed by atoms with E-state index in [1.807, 2.05) is 0 Å². The van der Waals surface area contributed by atoms with Gasteiger partial charge in [0.2, 0.25) is 0 Å². The van der Waals surface area contributed by atoms with Gasteiger partial charge in [0.25, 0.3) is 5.91 Å². The number of halogens is 2. The SMILES string of the molecule is COc1ccc2c(c1)[C@@H](C(=O)O)[C@H](c1ccc(Cl)cc1Cl)NC2=O.NC1CCCCC1. The first-order valence-corrected chi connectivity index (χ1v) is 11.0. The maximum atomic E-state index is 12.4. The molecule has 1 heterocycles. The van der Waals surface area contributed by atoms with Crippen LogP contribution in [0.2, 0.25) is 10.0 Å². The number of nitrogens with one attached hydrogen (secondary N) is 1. The van der Waals surface area contributed by atoms with E-state index in [1.165, 1.54) is 45.3 Å². The molecule has 1 amide bonds. The molecule has 8 heteroatoms. The summed E-state index contributed by atoms with van der Waals surface area (Å²) in [5.41, 5.74) is 6.83. The molecule has 2 aromatic rings. The van der Waals surface area contributed by atoms with Crippen molar-refractivity contribution in [1.29, 1.82) is 0 Å². The van der Waals surface area contributed by atoms with Crippen molar-refractivity contribution in [2.24, 2.45) is 5.73 Å². The highest BCUT2D eigenvalue weighted by Gasteiger charge is 2.40. The lowest BCUT2D eigenvalue weighted by Crippen LogP contribution is -2.41. The highest BCUT2D eigenvalue weighted by atomic mass is 35.5. The van der Waals surface area contributed by atoms with Crippen molar-refractivity contribution in [3.63, 3.8) is 0 Å². The molecule has 4 N–H and O–H groups in total. The molecule has 0 unspecified atom stereocenters. The van der Waals surface area contributed by atoms with Crippen molar-refractivity contribution in [2.75, 3.05) is 7.11 Å². The fraction of sp³-hybridized carbons (Fsp3) is 0.391. The van der Waals surface area contributed by atoms with E-state index in [0.29, 0.717) is 38.5 Å². The molecule has 1 aliphatic carbocycles. The molecular weight excluding hydrogens is 439 g/mol. The molecule has 1 saturated carbocycles. The Labute approximate surface area is 191 Å². The first kappa shape index (κ1) is 23.4. The molecule has 1 aliphatic heterocycles. The number of amides is 1. The van der Waals surface area contributed by atoms with Gasteiger partial charge < -0.3 is 20.9 Å². The maximum absolute atomic E-state index is 12.4. The number of carboxylic acids is 1. The molecule has 6 nitrogen and oxygen atoms in total. The van der Waals surface area contributed by atoms with Crippen LogP contribution in [0.5, 0.6) is 5.75 Å². The largest absolute Gasteiger partial charge is 0.497 e. The van der Waals surface area contributed by atoms with Crippen LogP contribution in [0, 0.1) is 0 Å². The van der Waals surface area contributed by atoms with Crippen LogP contribution in [0.15, 0.2) is 36.4 Å². The Kier molecular flexibility index (Phi) is 7.81. The normalized spacial score (nSPS) is 20.7. The smallest absolute Gasteiger partial charge is 0.313 e. The fourth-order valence-electron chi connectivity index (χ4n) is 4.03. The first-order chi connectivity index (χ1) is 14.8. The van der Waals surface area contributed by atoms with Gasteiger partial charge in [-0.15, -0.1) is 0 Å². The molecule has 31 heavy (non-hydrogen) atoms. The van der Waals surface area contributed by atoms with Gasteiger partial charge in [0, 0.05) is 21.7 Å². The minimum Gasteiger partial charge on any atom is -0.497 e. The van der Waals surface area contributed by atoms with E-state index in [-0.39, 0.29) is 5.91 Å². The van der Waals surface area contributed by atoms with E-state index in [1.54, 1.807) is 30.3 Å². The number of carboxylic acid groups (broad SMARTS) is 1. The van der Waals surface area contributed by atoms with Crippen LogP contribution in [0.1, 0.15) is 65.5 Å². The number of fused-ring (bicyclic) bond motifs is 1. The molecule has 0 spiro atoms. The van der Waals surface area contributed by atoms with E-state index in [0.717, 1.165) is 0 Å². The number of methoxy groups -OCH3 is 1. The van der Waals surface area contributed by atoms with E-state index in [9.17, 15) is 14.7 Å². The fourth-order valence-corrected chi connectivity index (χ4v) is 4.56. The number of benzene rings is 2. The topological polar surface area (TPSA) is 102 Å². The average Bonchev–Trinajstić information content (AvgIpc) is 2.74. The molecule has 2 aliphatic rings. The van der Waals surface area contributed by atoms with Gasteiger partial charge in [-0.1, -0.05) is 48.5 Å². The van der Waals surface area contributed by atoms with Crippen LogP contribution >= 0.6 is 23.2 Å². The van der Waals surface area contributed by atoms with E-state index < -0.39 is 17.9 Å². The maximum Gasteiger partial charge on any atom is 0.313 e. The minimum absolute atomic E-state index is 0.297. The number of hydrogen-bond donors (Lipinski definition) is 3. The van der Waals surface area contributed by atoms with Crippen molar-refractivity contribution < 1.29 is 19.4 Å². The number of carbonyl (C=O) groups is 2. The Morgan fingerprint density at radius 1 is 1.10 bits per heavy atom. The molecule has 0 aromatic heterocycles. The highest BCUT2D eigenvalue weighted by molar-refractivity contribution is 6.35. The molecule has 0 bridgehead atoms. The van der Waals surface area contributed by atoms with Gasteiger partial charge in [0.15, 0.2) is 0 Å². The van der Waals surface area contributed by atoms with Crippen LogP contribution in [0.4, 0.5) is 0 Å². The summed E-state index contributed by atoms with van der Waals surface area (Å²) >= 11 is 12.1. The summed E-state index contributed by atoms with van der Waals surface area (Å²) in [7, 11) is 1.48. The molecule has 2 atom stereocenters. The summed E-state index contributed by atoms with van der Waals surface area (Å²) in [6.07, 6.45) is 6.66. The number of nitrogens with two attached hydrogens (primary N) is 1. The number of aliphatic carboxylic acids is 1. The van der Waals surface area contributed by atoms with Gasteiger partial charge in [-0.25, -0.2) is 0 Å². The lowest BCUT2D eigenvalue weighted by Gasteiger charge is -2.32. The standard InChI is InChI=1S/C17H13Cl2NO4.C6H13N/c1-24-9-3-5-10-12(7-9)14(17(22)23)15(20-16(10)21)11-4-2-8(18)6-13(11)19;7-6-4-2-1-3-5-6/h2-7,14-15H,1H3,(H,20,21)(H,22,23);6H,1-5,7H2/t14-,15+;/m1./s1. The van der Waals surface area contributed by atoms with Crippen molar-refractivity contribution >= 4 is 35.1 Å². The molecular formula is C23H26Cl2N2O4. The molecule has 1 fully saturated rings. The Morgan fingerprint density at radius 3 is 2.35 bits per heavy atom. The Morgan fingerprint density at radius 2 is 1.81 bits per heavy atom. The zero-order chi connectivity index (χ0) is 22.5. The van der Waals surface area contributed by atoms with Crippen LogP contribution < -0.4 is 15.8 Å². The summed E-state index contributed by atoms with van der Waals surface area (Å²) in [4.78, 5) is 24.3.